The summed E-state index contributed by atoms with van der Waals surface area (Å²) in [4.78, 5) is 25.0. The molecular formula is C13H23N3O3. The minimum Gasteiger partial charge on any atom is -0.450 e. The maximum atomic E-state index is 11.7. The van der Waals surface area contributed by atoms with E-state index in [2.05, 4.69) is 10.6 Å². The first-order valence-corrected chi connectivity index (χ1v) is 7.16. The average molecular weight is 269 g/mol. The number of likely N-dealkylation sites (tertiary alicyclic amines) is 1. The molecule has 6 heteroatoms. The van der Waals surface area contributed by atoms with Gasteiger partial charge in [-0.3, -0.25) is 4.79 Å². The van der Waals surface area contributed by atoms with E-state index >= 15 is 0 Å². The fourth-order valence-electron chi connectivity index (χ4n) is 2.66. The van der Waals surface area contributed by atoms with Crippen LogP contribution in [0.4, 0.5) is 4.79 Å². The number of amides is 2. The Morgan fingerprint density at radius 1 is 1.42 bits per heavy atom. The fourth-order valence-corrected chi connectivity index (χ4v) is 2.66. The number of ether oxygens (including phenoxy) is 1. The SMILES string of the molecule is CCOC(=O)N1CCC(NC2CCCNC2=O)CC1. The molecule has 2 fully saturated rings. The van der Waals surface area contributed by atoms with Gasteiger partial charge in [0.1, 0.15) is 0 Å². The summed E-state index contributed by atoms with van der Waals surface area (Å²) < 4.78 is 4.99. The van der Waals surface area contributed by atoms with Gasteiger partial charge in [-0.1, -0.05) is 0 Å². The molecule has 2 heterocycles. The van der Waals surface area contributed by atoms with Crippen LogP contribution >= 0.6 is 0 Å². The van der Waals surface area contributed by atoms with Gasteiger partial charge in [0, 0.05) is 25.7 Å². The summed E-state index contributed by atoms with van der Waals surface area (Å²) in [5, 5.41) is 6.29. The van der Waals surface area contributed by atoms with Crippen LogP contribution in [0, 0.1) is 0 Å². The lowest BCUT2D eigenvalue weighted by atomic mass is 10.0. The number of hydrogen-bond donors (Lipinski definition) is 2. The molecule has 1 unspecified atom stereocenters. The van der Waals surface area contributed by atoms with E-state index in [1.807, 2.05) is 6.92 Å². The van der Waals surface area contributed by atoms with E-state index < -0.39 is 0 Å². The molecule has 2 amide bonds. The van der Waals surface area contributed by atoms with Crippen LogP contribution in [0.15, 0.2) is 0 Å². The molecular weight excluding hydrogens is 246 g/mol. The van der Waals surface area contributed by atoms with E-state index in [9.17, 15) is 9.59 Å². The van der Waals surface area contributed by atoms with Gasteiger partial charge in [0.2, 0.25) is 5.91 Å². The Morgan fingerprint density at radius 3 is 2.79 bits per heavy atom. The predicted molar refractivity (Wildman–Crippen MR) is 70.8 cm³/mol. The first-order chi connectivity index (χ1) is 9.20. The van der Waals surface area contributed by atoms with Crippen LogP contribution in [0.2, 0.25) is 0 Å². The number of carbonyl (C=O) groups is 2. The molecule has 108 valence electrons. The lowest BCUT2D eigenvalue weighted by Gasteiger charge is -2.34. The summed E-state index contributed by atoms with van der Waals surface area (Å²) in [6, 6.07) is 0.257. The van der Waals surface area contributed by atoms with Crippen molar-refractivity contribution in [2.24, 2.45) is 0 Å². The van der Waals surface area contributed by atoms with Crippen molar-refractivity contribution in [1.29, 1.82) is 0 Å². The standard InChI is InChI=1S/C13H23N3O3/c1-2-19-13(18)16-8-5-10(6-9-16)15-11-4-3-7-14-12(11)17/h10-11,15H,2-9H2,1H3,(H,14,17). The number of hydrogen-bond acceptors (Lipinski definition) is 4. The Bertz CT molecular complexity index is 327. The maximum absolute atomic E-state index is 11.7. The Balaban J connectivity index is 1.74. The second kappa shape index (κ2) is 6.75. The van der Waals surface area contributed by atoms with Gasteiger partial charge >= 0.3 is 6.09 Å². The zero-order valence-electron chi connectivity index (χ0n) is 11.5. The third kappa shape index (κ3) is 3.83. The van der Waals surface area contributed by atoms with Crippen LogP contribution in [0.1, 0.15) is 32.6 Å². The zero-order chi connectivity index (χ0) is 13.7. The van der Waals surface area contributed by atoms with E-state index in [1.54, 1.807) is 4.90 Å². The molecule has 2 saturated heterocycles. The van der Waals surface area contributed by atoms with Gasteiger partial charge in [0.15, 0.2) is 0 Å². The number of nitrogens with one attached hydrogen (secondary N) is 2. The summed E-state index contributed by atoms with van der Waals surface area (Å²) in [7, 11) is 0. The number of rotatable bonds is 3. The van der Waals surface area contributed by atoms with Crippen molar-refractivity contribution in [3.63, 3.8) is 0 Å². The van der Waals surface area contributed by atoms with Gasteiger partial charge in [0.05, 0.1) is 12.6 Å². The lowest BCUT2D eigenvalue weighted by molar-refractivity contribution is -0.124. The van der Waals surface area contributed by atoms with Crippen molar-refractivity contribution in [3.05, 3.63) is 0 Å². The summed E-state index contributed by atoms with van der Waals surface area (Å²) in [6.07, 6.45) is 3.47. The van der Waals surface area contributed by atoms with Crippen LogP contribution in [0.25, 0.3) is 0 Å². The van der Waals surface area contributed by atoms with E-state index in [0.29, 0.717) is 25.7 Å². The molecule has 0 aliphatic carbocycles. The molecule has 1 atom stereocenters. The van der Waals surface area contributed by atoms with Crippen LogP contribution in [0.3, 0.4) is 0 Å². The van der Waals surface area contributed by atoms with E-state index in [-0.39, 0.29) is 18.0 Å². The topological polar surface area (TPSA) is 70.7 Å². The second-order valence-electron chi connectivity index (χ2n) is 5.11. The molecule has 2 aliphatic heterocycles. The molecule has 19 heavy (non-hydrogen) atoms. The number of piperidine rings is 2. The maximum Gasteiger partial charge on any atom is 0.409 e. The molecule has 2 rings (SSSR count). The quantitative estimate of drug-likeness (QED) is 0.781. The summed E-state index contributed by atoms with van der Waals surface area (Å²) >= 11 is 0. The predicted octanol–water partition coefficient (Wildman–Crippen LogP) is 0.476. The molecule has 0 bridgehead atoms. The highest BCUT2D eigenvalue weighted by Crippen LogP contribution is 2.14. The first kappa shape index (κ1) is 14.1. The van der Waals surface area contributed by atoms with Gasteiger partial charge in [0.25, 0.3) is 0 Å². The van der Waals surface area contributed by atoms with E-state index in [0.717, 1.165) is 32.2 Å². The zero-order valence-corrected chi connectivity index (χ0v) is 11.5. The van der Waals surface area contributed by atoms with Crippen molar-refractivity contribution in [1.82, 2.24) is 15.5 Å². The average Bonchev–Trinajstić information content (AvgIpc) is 2.42. The highest BCUT2D eigenvalue weighted by molar-refractivity contribution is 5.82. The molecule has 0 saturated carbocycles. The van der Waals surface area contributed by atoms with E-state index in [4.69, 9.17) is 4.74 Å². The van der Waals surface area contributed by atoms with Crippen molar-refractivity contribution < 1.29 is 14.3 Å². The summed E-state index contributed by atoms with van der Waals surface area (Å²) in [5.74, 6) is 0.110. The Hall–Kier alpha value is -1.30. The monoisotopic (exact) mass is 269 g/mol. The molecule has 2 aliphatic rings. The summed E-state index contributed by atoms with van der Waals surface area (Å²) in [6.45, 7) is 4.42. The third-order valence-corrected chi connectivity index (χ3v) is 3.74. The Labute approximate surface area is 113 Å². The molecule has 0 aromatic heterocycles. The third-order valence-electron chi connectivity index (χ3n) is 3.74. The van der Waals surface area contributed by atoms with Gasteiger partial charge in [-0.2, -0.15) is 0 Å². The lowest BCUT2D eigenvalue weighted by Crippen LogP contribution is -2.54. The van der Waals surface area contributed by atoms with Crippen LogP contribution in [0.5, 0.6) is 0 Å². The minimum atomic E-state index is -0.226. The minimum absolute atomic E-state index is 0.0621. The molecule has 6 nitrogen and oxygen atoms in total. The second-order valence-corrected chi connectivity index (χ2v) is 5.11. The fraction of sp³-hybridized carbons (Fsp3) is 0.846. The van der Waals surface area contributed by atoms with Gasteiger partial charge in [-0.15, -0.1) is 0 Å². The van der Waals surface area contributed by atoms with E-state index in [1.165, 1.54) is 0 Å². The normalized spacial score (nSPS) is 25.0. The molecule has 0 aromatic rings. The Kier molecular flexibility index (Phi) is 5.01. The van der Waals surface area contributed by atoms with Crippen molar-refractivity contribution in [3.8, 4) is 0 Å². The Morgan fingerprint density at radius 2 is 2.16 bits per heavy atom. The highest BCUT2D eigenvalue weighted by Gasteiger charge is 2.28. The van der Waals surface area contributed by atoms with Crippen LogP contribution in [-0.4, -0.2) is 55.2 Å². The van der Waals surface area contributed by atoms with Crippen LogP contribution in [-0.2, 0) is 9.53 Å². The molecule has 0 spiro atoms. The molecule has 0 radical (unpaired) electrons. The first-order valence-electron chi connectivity index (χ1n) is 7.16. The number of carbonyl (C=O) groups excluding carboxylic acids is 2. The van der Waals surface area contributed by atoms with Crippen LogP contribution < -0.4 is 10.6 Å². The number of nitrogens with zero attached hydrogens (tertiary/aromatic N) is 1. The van der Waals surface area contributed by atoms with Crippen molar-refractivity contribution in [2.75, 3.05) is 26.2 Å². The molecule has 0 aromatic carbocycles. The van der Waals surface area contributed by atoms with Gasteiger partial charge in [-0.05, 0) is 32.6 Å². The van der Waals surface area contributed by atoms with Crippen molar-refractivity contribution >= 4 is 12.0 Å². The van der Waals surface area contributed by atoms with Gasteiger partial charge < -0.3 is 20.3 Å². The highest BCUT2D eigenvalue weighted by atomic mass is 16.6. The van der Waals surface area contributed by atoms with Gasteiger partial charge in [-0.25, -0.2) is 4.79 Å². The largest absolute Gasteiger partial charge is 0.450 e. The molecule has 2 N–H and O–H groups in total. The van der Waals surface area contributed by atoms with Crippen molar-refractivity contribution in [2.45, 2.75) is 44.7 Å². The summed E-state index contributed by atoms with van der Waals surface area (Å²) in [5.41, 5.74) is 0. The smallest absolute Gasteiger partial charge is 0.409 e.